The van der Waals surface area contributed by atoms with Crippen LogP contribution in [0.25, 0.3) is 6.08 Å². The highest BCUT2D eigenvalue weighted by molar-refractivity contribution is 5.48. The number of halogens is 1. The predicted molar refractivity (Wildman–Crippen MR) is 91.9 cm³/mol. The first-order chi connectivity index (χ1) is 11.2. The minimum Gasteiger partial charge on any atom is -0.376 e. The van der Waals surface area contributed by atoms with Gasteiger partial charge in [-0.25, -0.2) is 4.39 Å². The predicted octanol–water partition coefficient (Wildman–Crippen LogP) is 3.02. The summed E-state index contributed by atoms with van der Waals surface area (Å²) in [6.07, 6.45) is 7.13. The van der Waals surface area contributed by atoms with E-state index in [9.17, 15) is 4.39 Å². The number of nitrogens with zero attached hydrogens (tertiary/aromatic N) is 2. The molecule has 1 atom stereocenters. The fourth-order valence-corrected chi connectivity index (χ4v) is 3.56. The van der Waals surface area contributed by atoms with E-state index in [1.54, 1.807) is 0 Å². The largest absolute Gasteiger partial charge is 0.376 e. The van der Waals surface area contributed by atoms with E-state index in [-0.39, 0.29) is 5.82 Å². The van der Waals surface area contributed by atoms with Crippen molar-refractivity contribution in [2.24, 2.45) is 0 Å². The molecule has 0 aromatic heterocycles. The first kappa shape index (κ1) is 16.6. The molecular formula is C19H27FN2O. The van der Waals surface area contributed by atoms with Crippen LogP contribution in [0.5, 0.6) is 0 Å². The summed E-state index contributed by atoms with van der Waals surface area (Å²) in [5, 5.41) is 0. The normalized spacial score (nSPS) is 25.2. The summed E-state index contributed by atoms with van der Waals surface area (Å²) < 4.78 is 18.5. The van der Waals surface area contributed by atoms with Gasteiger partial charge in [0.1, 0.15) is 5.82 Å². The second-order valence-electron chi connectivity index (χ2n) is 6.66. The summed E-state index contributed by atoms with van der Waals surface area (Å²) in [5.74, 6) is -0.179. The van der Waals surface area contributed by atoms with Crippen LogP contribution in [0.2, 0.25) is 0 Å². The molecule has 2 heterocycles. The third-order valence-electron chi connectivity index (χ3n) is 4.89. The number of ether oxygens (including phenoxy) is 1. The quantitative estimate of drug-likeness (QED) is 0.849. The third-order valence-corrected chi connectivity index (χ3v) is 4.89. The Morgan fingerprint density at radius 1 is 1.17 bits per heavy atom. The Hall–Kier alpha value is -1.23. The van der Waals surface area contributed by atoms with E-state index in [0.29, 0.717) is 6.10 Å². The van der Waals surface area contributed by atoms with Gasteiger partial charge in [-0.05, 0) is 50.6 Å². The zero-order valence-corrected chi connectivity index (χ0v) is 14.0. The molecule has 0 radical (unpaired) electrons. The molecule has 2 aliphatic heterocycles. The molecule has 2 aliphatic rings. The van der Waals surface area contributed by atoms with Gasteiger partial charge in [-0.3, -0.25) is 9.80 Å². The van der Waals surface area contributed by atoms with Gasteiger partial charge in [0, 0.05) is 25.7 Å². The van der Waals surface area contributed by atoms with Gasteiger partial charge in [-0.2, -0.15) is 0 Å². The number of rotatable bonds is 4. The Bertz CT molecular complexity index is 509. The summed E-state index contributed by atoms with van der Waals surface area (Å²) >= 11 is 0. The van der Waals surface area contributed by atoms with Crippen LogP contribution in [0.4, 0.5) is 4.39 Å². The van der Waals surface area contributed by atoms with E-state index < -0.39 is 0 Å². The highest BCUT2D eigenvalue weighted by Gasteiger charge is 2.27. The van der Waals surface area contributed by atoms with Crippen molar-refractivity contribution < 1.29 is 9.13 Å². The average Bonchev–Trinajstić information content (AvgIpc) is 2.57. The fraction of sp³-hybridized carbons (Fsp3) is 0.579. The summed E-state index contributed by atoms with van der Waals surface area (Å²) in [7, 11) is 0. The van der Waals surface area contributed by atoms with Gasteiger partial charge in [0.25, 0.3) is 0 Å². The van der Waals surface area contributed by atoms with Crippen molar-refractivity contribution in [1.29, 1.82) is 0 Å². The summed E-state index contributed by atoms with van der Waals surface area (Å²) in [4.78, 5) is 5.11. The van der Waals surface area contributed by atoms with Crippen molar-refractivity contribution in [3.63, 3.8) is 0 Å². The highest BCUT2D eigenvalue weighted by atomic mass is 19.1. The number of piperidine rings is 1. The lowest BCUT2D eigenvalue weighted by molar-refractivity contribution is -0.0429. The molecule has 0 spiro atoms. The van der Waals surface area contributed by atoms with Gasteiger partial charge >= 0.3 is 0 Å². The second-order valence-corrected chi connectivity index (χ2v) is 6.66. The van der Waals surface area contributed by atoms with Gasteiger partial charge < -0.3 is 4.74 Å². The molecule has 4 heteroatoms. The molecule has 2 fully saturated rings. The molecule has 1 aromatic carbocycles. The number of benzene rings is 1. The standard InChI is InChI=1S/C19H27FN2O/c1-16-15-22(13-14-23-16)19-8-11-21(12-9-19)10-2-3-17-4-6-18(20)7-5-17/h2-7,16,19H,8-15H2,1H3/b3-2+. The maximum atomic E-state index is 12.9. The Morgan fingerprint density at radius 2 is 1.91 bits per heavy atom. The van der Waals surface area contributed by atoms with Gasteiger partial charge in [-0.15, -0.1) is 0 Å². The van der Waals surface area contributed by atoms with Crippen LogP contribution in [0.3, 0.4) is 0 Å². The Kier molecular flexibility index (Phi) is 5.81. The summed E-state index contributed by atoms with van der Waals surface area (Å²) in [6.45, 7) is 8.50. The molecule has 0 N–H and O–H groups in total. The maximum Gasteiger partial charge on any atom is 0.123 e. The second kappa shape index (κ2) is 8.04. The first-order valence-electron chi connectivity index (χ1n) is 8.71. The zero-order valence-electron chi connectivity index (χ0n) is 14.0. The lowest BCUT2D eigenvalue weighted by atomic mass is 10.0. The van der Waals surface area contributed by atoms with Gasteiger partial charge in [0.15, 0.2) is 0 Å². The molecule has 0 amide bonds. The monoisotopic (exact) mass is 318 g/mol. The number of morpholine rings is 1. The van der Waals surface area contributed by atoms with Gasteiger partial charge in [0.2, 0.25) is 0 Å². The van der Waals surface area contributed by atoms with Crippen molar-refractivity contribution in [3.8, 4) is 0 Å². The smallest absolute Gasteiger partial charge is 0.123 e. The van der Waals surface area contributed by atoms with Crippen LogP contribution >= 0.6 is 0 Å². The molecule has 1 unspecified atom stereocenters. The molecule has 3 rings (SSSR count). The number of hydrogen-bond acceptors (Lipinski definition) is 3. The van der Waals surface area contributed by atoms with Crippen molar-refractivity contribution in [2.45, 2.75) is 31.9 Å². The van der Waals surface area contributed by atoms with Gasteiger partial charge in [-0.1, -0.05) is 24.3 Å². The molecule has 1 aromatic rings. The van der Waals surface area contributed by atoms with Crippen LogP contribution in [0, 0.1) is 5.82 Å². The molecule has 0 bridgehead atoms. The van der Waals surface area contributed by atoms with E-state index in [2.05, 4.69) is 28.9 Å². The molecule has 2 saturated heterocycles. The van der Waals surface area contributed by atoms with E-state index in [1.165, 1.54) is 25.0 Å². The topological polar surface area (TPSA) is 15.7 Å². The summed E-state index contributed by atoms with van der Waals surface area (Å²) in [6, 6.07) is 7.37. The van der Waals surface area contributed by atoms with Crippen LogP contribution in [-0.4, -0.2) is 61.3 Å². The van der Waals surface area contributed by atoms with Crippen molar-refractivity contribution >= 4 is 6.08 Å². The minimum atomic E-state index is -0.179. The SMILES string of the molecule is CC1CN(C2CCN(C/C=C/c3ccc(F)cc3)CC2)CCO1. The Morgan fingerprint density at radius 3 is 2.61 bits per heavy atom. The van der Waals surface area contributed by atoms with Gasteiger partial charge in [0.05, 0.1) is 12.7 Å². The molecule has 3 nitrogen and oxygen atoms in total. The molecule has 0 saturated carbocycles. The summed E-state index contributed by atoms with van der Waals surface area (Å²) in [5.41, 5.74) is 1.06. The Balaban J connectivity index is 1.41. The Labute approximate surface area is 138 Å². The molecule has 126 valence electrons. The number of hydrogen-bond donors (Lipinski definition) is 0. The number of likely N-dealkylation sites (tertiary alicyclic amines) is 1. The van der Waals surface area contributed by atoms with Crippen molar-refractivity contribution in [1.82, 2.24) is 9.80 Å². The lowest BCUT2D eigenvalue weighted by Crippen LogP contribution is -2.50. The van der Waals surface area contributed by atoms with E-state index in [4.69, 9.17) is 4.74 Å². The van der Waals surface area contributed by atoms with Crippen LogP contribution in [-0.2, 0) is 4.74 Å². The van der Waals surface area contributed by atoms with Crippen molar-refractivity contribution in [3.05, 3.63) is 41.7 Å². The molecular weight excluding hydrogens is 291 g/mol. The highest BCUT2D eigenvalue weighted by Crippen LogP contribution is 2.19. The average molecular weight is 318 g/mol. The minimum absolute atomic E-state index is 0.179. The zero-order chi connectivity index (χ0) is 16.1. The van der Waals surface area contributed by atoms with Crippen LogP contribution in [0.15, 0.2) is 30.3 Å². The maximum absolute atomic E-state index is 12.9. The first-order valence-corrected chi connectivity index (χ1v) is 8.71. The van der Waals surface area contributed by atoms with Crippen molar-refractivity contribution in [2.75, 3.05) is 39.3 Å². The van der Waals surface area contributed by atoms with Crippen LogP contribution < -0.4 is 0 Å². The molecule has 0 aliphatic carbocycles. The van der Waals surface area contributed by atoms with E-state index >= 15 is 0 Å². The fourth-order valence-electron chi connectivity index (χ4n) is 3.56. The lowest BCUT2D eigenvalue weighted by Gasteiger charge is -2.41. The van der Waals surface area contributed by atoms with E-state index in [1.807, 2.05) is 12.1 Å². The third kappa shape index (κ3) is 4.87. The van der Waals surface area contributed by atoms with Crippen LogP contribution in [0.1, 0.15) is 25.3 Å². The molecule has 23 heavy (non-hydrogen) atoms. The van der Waals surface area contributed by atoms with E-state index in [0.717, 1.165) is 50.9 Å².